The molecule has 0 bridgehead atoms. The lowest BCUT2D eigenvalue weighted by atomic mass is 10.0. The Labute approximate surface area is 180 Å². The molecule has 5 heteroatoms. The van der Waals surface area contributed by atoms with Gasteiger partial charge in [0, 0.05) is 20.6 Å². The topological polar surface area (TPSA) is 33.0 Å². The highest BCUT2D eigenvalue weighted by Gasteiger charge is 2.12. The Kier molecular flexibility index (Phi) is 6.73. The van der Waals surface area contributed by atoms with E-state index < -0.39 is 0 Å². The first-order chi connectivity index (χ1) is 13.1. The SMILES string of the molecule is N#C/C(=C\c1cc(Br)cc(Br)c1OCc1ccccc1Cl)c1ccccc1. The molecular weight excluding hydrogens is 490 g/mol. The summed E-state index contributed by atoms with van der Waals surface area (Å²) in [6.07, 6.45) is 1.83. The number of allylic oxidation sites excluding steroid dienone is 1. The van der Waals surface area contributed by atoms with Gasteiger partial charge in [-0.2, -0.15) is 5.26 Å². The molecule has 0 aliphatic carbocycles. The van der Waals surface area contributed by atoms with Crippen LogP contribution in [0.5, 0.6) is 5.75 Å². The fourth-order valence-corrected chi connectivity index (χ4v) is 4.12. The maximum absolute atomic E-state index is 9.61. The van der Waals surface area contributed by atoms with Crippen LogP contribution in [0.15, 0.2) is 75.7 Å². The lowest BCUT2D eigenvalue weighted by Gasteiger charge is -2.13. The average molecular weight is 504 g/mol. The number of benzene rings is 3. The molecule has 0 aliphatic rings. The molecule has 0 saturated heterocycles. The van der Waals surface area contributed by atoms with Crippen LogP contribution >= 0.6 is 43.5 Å². The monoisotopic (exact) mass is 501 g/mol. The first kappa shape index (κ1) is 19.7. The van der Waals surface area contributed by atoms with Gasteiger partial charge in [0.15, 0.2) is 0 Å². The molecule has 0 aliphatic heterocycles. The van der Waals surface area contributed by atoms with Crippen molar-refractivity contribution in [2.75, 3.05) is 0 Å². The molecule has 0 aromatic heterocycles. The van der Waals surface area contributed by atoms with Crippen LogP contribution in [0.25, 0.3) is 11.6 Å². The third-order valence-electron chi connectivity index (χ3n) is 3.87. The Balaban J connectivity index is 1.99. The van der Waals surface area contributed by atoms with E-state index in [2.05, 4.69) is 37.9 Å². The van der Waals surface area contributed by atoms with Gasteiger partial charge in [-0.05, 0) is 45.8 Å². The maximum Gasteiger partial charge on any atom is 0.141 e. The predicted octanol–water partition coefficient (Wildman–Crippen LogP) is 7.51. The van der Waals surface area contributed by atoms with Crippen LogP contribution in [-0.4, -0.2) is 0 Å². The normalized spacial score (nSPS) is 11.1. The highest BCUT2D eigenvalue weighted by Crippen LogP contribution is 2.36. The number of ether oxygens (including phenoxy) is 1. The summed E-state index contributed by atoms with van der Waals surface area (Å²) in [5, 5.41) is 10.3. The molecule has 0 unspecified atom stereocenters. The average Bonchev–Trinajstić information content (AvgIpc) is 2.67. The number of hydrogen-bond donors (Lipinski definition) is 0. The van der Waals surface area contributed by atoms with Crippen molar-refractivity contribution in [2.45, 2.75) is 6.61 Å². The molecule has 0 radical (unpaired) electrons. The lowest BCUT2D eigenvalue weighted by Crippen LogP contribution is -1.99. The number of nitrogens with zero attached hydrogens (tertiary/aromatic N) is 1. The third-order valence-corrected chi connectivity index (χ3v) is 5.29. The smallest absolute Gasteiger partial charge is 0.141 e. The second-order valence-electron chi connectivity index (χ2n) is 5.72. The third kappa shape index (κ3) is 5.01. The Morgan fingerprint density at radius 1 is 1.04 bits per heavy atom. The van der Waals surface area contributed by atoms with Gasteiger partial charge in [-0.3, -0.25) is 0 Å². The molecule has 0 fully saturated rings. The van der Waals surface area contributed by atoms with Crippen LogP contribution in [-0.2, 0) is 6.61 Å². The number of rotatable bonds is 5. The van der Waals surface area contributed by atoms with E-state index in [1.165, 1.54) is 0 Å². The largest absolute Gasteiger partial charge is 0.487 e. The predicted molar refractivity (Wildman–Crippen MR) is 118 cm³/mol. The van der Waals surface area contributed by atoms with Crippen LogP contribution in [0.2, 0.25) is 5.02 Å². The molecule has 0 spiro atoms. The van der Waals surface area contributed by atoms with Crippen LogP contribution in [0, 0.1) is 11.3 Å². The Morgan fingerprint density at radius 3 is 2.44 bits per heavy atom. The van der Waals surface area contributed by atoms with E-state index in [4.69, 9.17) is 16.3 Å². The van der Waals surface area contributed by atoms with Crippen molar-refractivity contribution in [3.05, 3.63) is 97.4 Å². The first-order valence-electron chi connectivity index (χ1n) is 8.11. The summed E-state index contributed by atoms with van der Waals surface area (Å²) in [5.41, 5.74) is 3.10. The molecule has 3 aromatic rings. The van der Waals surface area contributed by atoms with Gasteiger partial charge in [-0.1, -0.05) is 76.1 Å². The van der Waals surface area contributed by atoms with Crippen molar-refractivity contribution >= 4 is 55.1 Å². The quantitative estimate of drug-likeness (QED) is 0.267. The zero-order valence-electron chi connectivity index (χ0n) is 14.1. The molecule has 3 rings (SSSR count). The van der Waals surface area contributed by atoms with Crippen molar-refractivity contribution in [3.8, 4) is 11.8 Å². The summed E-state index contributed by atoms with van der Waals surface area (Å²) < 4.78 is 7.74. The van der Waals surface area contributed by atoms with Gasteiger partial charge in [0.05, 0.1) is 16.1 Å². The summed E-state index contributed by atoms with van der Waals surface area (Å²) in [7, 11) is 0. The van der Waals surface area contributed by atoms with E-state index in [0.29, 0.717) is 23.0 Å². The van der Waals surface area contributed by atoms with E-state index in [1.54, 1.807) is 0 Å². The number of hydrogen-bond acceptors (Lipinski definition) is 2. The molecule has 0 atom stereocenters. The van der Waals surface area contributed by atoms with Gasteiger partial charge < -0.3 is 4.74 Å². The fourth-order valence-electron chi connectivity index (χ4n) is 2.56. The summed E-state index contributed by atoms with van der Waals surface area (Å²) in [4.78, 5) is 0. The fraction of sp³-hybridized carbons (Fsp3) is 0.0455. The van der Waals surface area contributed by atoms with E-state index in [9.17, 15) is 5.26 Å². The molecule has 27 heavy (non-hydrogen) atoms. The maximum atomic E-state index is 9.61. The van der Waals surface area contributed by atoms with Gasteiger partial charge in [-0.15, -0.1) is 0 Å². The molecule has 0 N–H and O–H groups in total. The van der Waals surface area contributed by atoms with Gasteiger partial charge in [0.2, 0.25) is 0 Å². The Morgan fingerprint density at radius 2 is 1.74 bits per heavy atom. The second kappa shape index (κ2) is 9.23. The van der Waals surface area contributed by atoms with E-state index in [0.717, 1.165) is 25.6 Å². The van der Waals surface area contributed by atoms with E-state index >= 15 is 0 Å². The minimum Gasteiger partial charge on any atom is -0.487 e. The van der Waals surface area contributed by atoms with Gasteiger partial charge >= 0.3 is 0 Å². The minimum absolute atomic E-state index is 0.327. The van der Waals surface area contributed by atoms with E-state index in [-0.39, 0.29) is 0 Å². The summed E-state index contributed by atoms with van der Waals surface area (Å²) in [6, 6.07) is 23.2. The zero-order chi connectivity index (χ0) is 19.2. The molecular formula is C22H14Br2ClNO. The minimum atomic E-state index is 0.327. The number of nitriles is 1. The molecule has 134 valence electrons. The zero-order valence-corrected chi connectivity index (χ0v) is 18.1. The molecule has 0 amide bonds. The van der Waals surface area contributed by atoms with Crippen molar-refractivity contribution in [1.29, 1.82) is 5.26 Å². The van der Waals surface area contributed by atoms with Crippen LogP contribution in [0.4, 0.5) is 0 Å². The van der Waals surface area contributed by atoms with Crippen molar-refractivity contribution in [1.82, 2.24) is 0 Å². The first-order valence-corrected chi connectivity index (χ1v) is 10.1. The molecule has 2 nitrogen and oxygen atoms in total. The lowest BCUT2D eigenvalue weighted by molar-refractivity contribution is 0.303. The second-order valence-corrected chi connectivity index (χ2v) is 7.90. The number of halogens is 3. The Bertz CT molecular complexity index is 1030. The molecule has 0 heterocycles. The van der Waals surface area contributed by atoms with Gasteiger partial charge in [0.1, 0.15) is 12.4 Å². The highest BCUT2D eigenvalue weighted by molar-refractivity contribution is 9.11. The Hall–Kier alpha value is -2.06. The summed E-state index contributed by atoms with van der Waals surface area (Å²) in [5.74, 6) is 0.654. The standard InChI is InChI=1S/C22H14Br2ClNO/c23-19-11-17(10-18(13-26)15-6-2-1-3-7-15)22(20(24)12-19)27-14-16-8-4-5-9-21(16)25/h1-12H,14H2/b18-10+. The van der Waals surface area contributed by atoms with Crippen molar-refractivity contribution in [3.63, 3.8) is 0 Å². The highest BCUT2D eigenvalue weighted by atomic mass is 79.9. The van der Waals surface area contributed by atoms with Gasteiger partial charge in [-0.25, -0.2) is 0 Å². The summed E-state index contributed by atoms with van der Waals surface area (Å²) in [6.45, 7) is 0.327. The van der Waals surface area contributed by atoms with Crippen molar-refractivity contribution in [2.24, 2.45) is 0 Å². The summed E-state index contributed by atoms with van der Waals surface area (Å²) >= 11 is 13.3. The van der Waals surface area contributed by atoms with Crippen molar-refractivity contribution < 1.29 is 4.74 Å². The van der Waals surface area contributed by atoms with Crippen LogP contribution in [0.1, 0.15) is 16.7 Å². The molecule has 0 saturated carbocycles. The van der Waals surface area contributed by atoms with Gasteiger partial charge in [0.25, 0.3) is 0 Å². The van der Waals surface area contributed by atoms with E-state index in [1.807, 2.05) is 72.8 Å². The van der Waals surface area contributed by atoms with Crippen LogP contribution in [0.3, 0.4) is 0 Å². The van der Waals surface area contributed by atoms with Crippen LogP contribution < -0.4 is 4.74 Å². The molecule has 3 aromatic carbocycles.